The Hall–Kier alpha value is -1.35. The second-order valence-corrected chi connectivity index (χ2v) is 4.48. The topological polar surface area (TPSA) is 35.5 Å². The van der Waals surface area contributed by atoms with E-state index in [1.165, 1.54) is 5.56 Å². The largest absolute Gasteiger partial charge is 0.491 e. The molecule has 1 aromatic carbocycles. The van der Waals surface area contributed by atoms with Gasteiger partial charge in [0.05, 0.1) is 6.61 Å². The molecule has 0 N–H and O–H groups in total. The van der Waals surface area contributed by atoms with Gasteiger partial charge in [-0.25, -0.2) is 0 Å². The molecular formula is C14H18O3. The Bertz CT molecular complexity index is 383. The van der Waals surface area contributed by atoms with Crippen molar-refractivity contribution in [1.82, 2.24) is 0 Å². The van der Waals surface area contributed by atoms with Crippen LogP contribution in [0.25, 0.3) is 0 Å². The lowest BCUT2D eigenvalue weighted by atomic mass is 9.70. The van der Waals surface area contributed by atoms with E-state index in [1.54, 1.807) is 7.11 Å². The molecule has 0 aromatic heterocycles. The van der Waals surface area contributed by atoms with Gasteiger partial charge in [-0.15, -0.1) is 0 Å². The average Bonchev–Trinajstić information content (AvgIpc) is 2.37. The highest BCUT2D eigenvalue weighted by Crippen LogP contribution is 2.39. The van der Waals surface area contributed by atoms with Gasteiger partial charge in [-0.2, -0.15) is 0 Å². The number of benzene rings is 1. The van der Waals surface area contributed by atoms with Crippen LogP contribution < -0.4 is 4.74 Å². The molecule has 0 bridgehead atoms. The lowest BCUT2D eigenvalue weighted by Gasteiger charge is -2.32. The SMILES string of the molecule is COCCOc1ccc(C2CC(=O)C2C)cc1. The molecule has 1 aliphatic carbocycles. The maximum Gasteiger partial charge on any atom is 0.136 e. The third-order valence-electron chi connectivity index (χ3n) is 3.40. The van der Waals surface area contributed by atoms with Crippen LogP contribution in [0.15, 0.2) is 24.3 Å². The zero-order valence-electron chi connectivity index (χ0n) is 10.3. The number of carbonyl (C=O) groups excluding carboxylic acids is 1. The Morgan fingerprint density at radius 2 is 1.94 bits per heavy atom. The van der Waals surface area contributed by atoms with Gasteiger partial charge in [-0.3, -0.25) is 4.79 Å². The number of hydrogen-bond acceptors (Lipinski definition) is 3. The summed E-state index contributed by atoms with van der Waals surface area (Å²) in [7, 11) is 1.65. The number of methoxy groups -OCH3 is 1. The number of Topliss-reactive ketones (excluding diaryl/α,β-unsaturated/α-hetero) is 1. The van der Waals surface area contributed by atoms with E-state index in [9.17, 15) is 4.79 Å². The summed E-state index contributed by atoms with van der Waals surface area (Å²) in [5, 5.41) is 0. The van der Waals surface area contributed by atoms with Gasteiger partial charge in [-0.05, 0) is 17.7 Å². The first-order valence-electron chi connectivity index (χ1n) is 5.97. The summed E-state index contributed by atoms with van der Waals surface area (Å²) in [4.78, 5) is 11.2. The van der Waals surface area contributed by atoms with E-state index in [1.807, 2.05) is 19.1 Å². The van der Waals surface area contributed by atoms with Crippen LogP contribution in [0.5, 0.6) is 5.75 Å². The Morgan fingerprint density at radius 3 is 2.47 bits per heavy atom. The third-order valence-corrected chi connectivity index (χ3v) is 3.40. The Balaban J connectivity index is 1.92. The summed E-state index contributed by atoms with van der Waals surface area (Å²) in [6.07, 6.45) is 0.686. The van der Waals surface area contributed by atoms with Crippen LogP contribution >= 0.6 is 0 Å². The maximum atomic E-state index is 11.2. The lowest BCUT2D eigenvalue weighted by molar-refractivity contribution is -0.130. The Morgan fingerprint density at radius 1 is 1.24 bits per heavy atom. The van der Waals surface area contributed by atoms with Crippen LogP contribution in [0, 0.1) is 5.92 Å². The quantitative estimate of drug-likeness (QED) is 0.734. The molecule has 3 nitrogen and oxygen atoms in total. The van der Waals surface area contributed by atoms with Crippen LogP contribution in [0.1, 0.15) is 24.8 Å². The molecule has 1 aliphatic rings. The van der Waals surface area contributed by atoms with Crippen LogP contribution in [-0.4, -0.2) is 26.1 Å². The van der Waals surface area contributed by atoms with E-state index in [2.05, 4.69) is 12.1 Å². The molecule has 2 rings (SSSR count). The smallest absolute Gasteiger partial charge is 0.136 e. The van der Waals surface area contributed by atoms with Gasteiger partial charge in [0.2, 0.25) is 0 Å². The van der Waals surface area contributed by atoms with Crippen molar-refractivity contribution in [3.63, 3.8) is 0 Å². The molecule has 1 fully saturated rings. The van der Waals surface area contributed by atoms with Crippen LogP contribution in [0.3, 0.4) is 0 Å². The van der Waals surface area contributed by atoms with Gasteiger partial charge >= 0.3 is 0 Å². The Kier molecular flexibility index (Phi) is 3.79. The summed E-state index contributed by atoms with van der Waals surface area (Å²) in [5.41, 5.74) is 1.23. The van der Waals surface area contributed by atoms with Crippen molar-refractivity contribution in [3.05, 3.63) is 29.8 Å². The lowest BCUT2D eigenvalue weighted by Crippen LogP contribution is -2.32. The highest BCUT2D eigenvalue weighted by Gasteiger charge is 2.36. The fraction of sp³-hybridized carbons (Fsp3) is 0.500. The summed E-state index contributed by atoms with van der Waals surface area (Å²) in [6.45, 7) is 3.16. The van der Waals surface area contributed by atoms with Crippen LogP contribution in [0.2, 0.25) is 0 Å². The molecule has 1 saturated carbocycles. The summed E-state index contributed by atoms with van der Waals surface area (Å²) in [6, 6.07) is 8.02. The first kappa shape index (κ1) is 12.1. The standard InChI is InChI=1S/C14H18O3/c1-10-13(9-14(10)15)11-3-5-12(6-4-11)17-8-7-16-2/h3-6,10,13H,7-9H2,1-2H3. The minimum Gasteiger partial charge on any atom is -0.491 e. The Labute approximate surface area is 102 Å². The van der Waals surface area contributed by atoms with E-state index in [0.29, 0.717) is 31.3 Å². The fourth-order valence-electron chi connectivity index (χ4n) is 2.10. The molecule has 0 saturated heterocycles. The monoisotopic (exact) mass is 234 g/mol. The number of hydrogen-bond donors (Lipinski definition) is 0. The molecule has 0 spiro atoms. The minimum atomic E-state index is 0.176. The van der Waals surface area contributed by atoms with E-state index >= 15 is 0 Å². The van der Waals surface area contributed by atoms with Crippen LogP contribution in [-0.2, 0) is 9.53 Å². The molecule has 0 amide bonds. The van der Waals surface area contributed by atoms with Gasteiger partial charge in [0.15, 0.2) is 0 Å². The number of ketones is 1. The van der Waals surface area contributed by atoms with Crippen molar-refractivity contribution in [2.75, 3.05) is 20.3 Å². The van der Waals surface area contributed by atoms with Crippen molar-refractivity contribution in [3.8, 4) is 5.75 Å². The zero-order valence-corrected chi connectivity index (χ0v) is 10.3. The maximum absolute atomic E-state index is 11.2. The summed E-state index contributed by atoms with van der Waals surface area (Å²) >= 11 is 0. The first-order chi connectivity index (χ1) is 8.22. The van der Waals surface area contributed by atoms with E-state index in [0.717, 1.165) is 5.75 Å². The van der Waals surface area contributed by atoms with Gasteiger partial charge < -0.3 is 9.47 Å². The minimum absolute atomic E-state index is 0.176. The highest BCUT2D eigenvalue weighted by atomic mass is 16.5. The van der Waals surface area contributed by atoms with Crippen molar-refractivity contribution >= 4 is 5.78 Å². The molecule has 92 valence electrons. The molecular weight excluding hydrogens is 216 g/mol. The molecule has 17 heavy (non-hydrogen) atoms. The van der Waals surface area contributed by atoms with Gasteiger partial charge in [0.1, 0.15) is 18.1 Å². The van der Waals surface area contributed by atoms with Gasteiger partial charge in [-0.1, -0.05) is 19.1 Å². The van der Waals surface area contributed by atoms with Crippen molar-refractivity contribution in [2.45, 2.75) is 19.3 Å². The average molecular weight is 234 g/mol. The summed E-state index contributed by atoms with van der Waals surface area (Å²) in [5.74, 6) is 1.80. The molecule has 2 unspecified atom stereocenters. The van der Waals surface area contributed by atoms with E-state index in [-0.39, 0.29) is 5.92 Å². The third kappa shape index (κ3) is 2.67. The molecule has 0 radical (unpaired) electrons. The molecule has 0 aliphatic heterocycles. The second kappa shape index (κ2) is 5.32. The molecule has 0 heterocycles. The normalized spacial score (nSPS) is 23.3. The predicted octanol–water partition coefficient (Wildman–Crippen LogP) is 2.40. The first-order valence-corrected chi connectivity index (χ1v) is 5.97. The van der Waals surface area contributed by atoms with Crippen molar-refractivity contribution < 1.29 is 14.3 Å². The fourth-order valence-corrected chi connectivity index (χ4v) is 2.10. The van der Waals surface area contributed by atoms with Crippen molar-refractivity contribution in [2.24, 2.45) is 5.92 Å². The summed E-state index contributed by atoms with van der Waals surface area (Å²) < 4.78 is 10.4. The second-order valence-electron chi connectivity index (χ2n) is 4.48. The molecule has 1 aromatic rings. The van der Waals surface area contributed by atoms with E-state index in [4.69, 9.17) is 9.47 Å². The number of rotatable bonds is 5. The van der Waals surface area contributed by atoms with Gasteiger partial charge in [0, 0.05) is 25.4 Å². The van der Waals surface area contributed by atoms with E-state index < -0.39 is 0 Å². The van der Waals surface area contributed by atoms with Crippen molar-refractivity contribution in [1.29, 1.82) is 0 Å². The predicted molar refractivity (Wildman–Crippen MR) is 65.3 cm³/mol. The number of ether oxygens (including phenoxy) is 2. The molecule has 3 heteroatoms. The van der Waals surface area contributed by atoms with Crippen LogP contribution in [0.4, 0.5) is 0 Å². The zero-order chi connectivity index (χ0) is 12.3. The molecule has 2 atom stereocenters. The number of carbonyl (C=O) groups is 1. The highest BCUT2D eigenvalue weighted by molar-refractivity contribution is 5.88. The van der Waals surface area contributed by atoms with Gasteiger partial charge in [0.25, 0.3) is 0 Å².